The molecular formula is C21H24F3N5O. The lowest BCUT2D eigenvalue weighted by Crippen LogP contribution is -2.42. The van der Waals surface area contributed by atoms with Gasteiger partial charge >= 0.3 is 6.18 Å². The molecule has 0 amide bonds. The highest BCUT2D eigenvalue weighted by molar-refractivity contribution is 5.80. The van der Waals surface area contributed by atoms with Crippen molar-refractivity contribution in [2.24, 2.45) is 0 Å². The Bertz CT molecular complexity index is 1030. The molecule has 0 aliphatic carbocycles. The number of hydrogen-bond acceptors (Lipinski definition) is 5. The minimum absolute atomic E-state index is 0.0270. The molecule has 0 spiro atoms. The van der Waals surface area contributed by atoms with Gasteiger partial charge in [0.1, 0.15) is 11.4 Å². The lowest BCUT2D eigenvalue weighted by Gasteiger charge is -2.32. The number of ether oxygens (including phenoxy) is 1. The summed E-state index contributed by atoms with van der Waals surface area (Å²) in [5.41, 5.74) is -0.0858. The van der Waals surface area contributed by atoms with Crippen molar-refractivity contribution < 1.29 is 17.9 Å². The predicted octanol–water partition coefficient (Wildman–Crippen LogP) is 4.32. The number of halogens is 3. The number of piperidine rings is 1. The van der Waals surface area contributed by atoms with Crippen LogP contribution in [0, 0.1) is 0 Å². The molecule has 0 radical (unpaired) electrons. The lowest BCUT2D eigenvalue weighted by atomic mass is 10.0. The predicted molar refractivity (Wildman–Crippen MR) is 109 cm³/mol. The Morgan fingerprint density at radius 1 is 1.23 bits per heavy atom. The second-order valence-electron chi connectivity index (χ2n) is 7.42. The molecule has 9 heteroatoms. The van der Waals surface area contributed by atoms with Crippen LogP contribution in [0.25, 0.3) is 16.8 Å². The topological polar surface area (TPSA) is 54.7 Å². The highest BCUT2D eigenvalue weighted by Crippen LogP contribution is 2.39. The molecule has 1 aliphatic heterocycles. The van der Waals surface area contributed by atoms with Crippen LogP contribution in [-0.4, -0.2) is 52.3 Å². The van der Waals surface area contributed by atoms with Gasteiger partial charge in [-0.05, 0) is 56.3 Å². The summed E-state index contributed by atoms with van der Waals surface area (Å²) in [4.78, 5) is 2.36. The molecule has 1 N–H and O–H groups in total. The number of methoxy groups -OCH3 is 1. The summed E-state index contributed by atoms with van der Waals surface area (Å²) in [6.07, 6.45) is -0.656. The van der Waals surface area contributed by atoms with Crippen molar-refractivity contribution in [1.82, 2.24) is 19.5 Å². The molecule has 0 bridgehead atoms. The number of likely N-dealkylation sites (tertiary alicyclic amines) is 1. The van der Waals surface area contributed by atoms with Crippen molar-refractivity contribution >= 4 is 11.5 Å². The first-order valence-corrected chi connectivity index (χ1v) is 9.99. The number of hydrogen-bond donors (Lipinski definition) is 1. The molecule has 0 saturated carbocycles. The Balaban J connectivity index is 1.73. The zero-order valence-corrected chi connectivity index (χ0v) is 16.9. The minimum Gasteiger partial charge on any atom is -0.497 e. The maximum Gasteiger partial charge on any atom is 0.417 e. The average molecular weight is 419 g/mol. The molecule has 1 aliphatic rings. The van der Waals surface area contributed by atoms with Gasteiger partial charge in [0, 0.05) is 24.3 Å². The minimum atomic E-state index is -4.54. The average Bonchev–Trinajstić information content (AvgIpc) is 3.23. The fraction of sp³-hybridized carbons (Fsp3) is 0.429. The van der Waals surface area contributed by atoms with E-state index in [1.807, 2.05) is 0 Å². The first-order valence-electron chi connectivity index (χ1n) is 9.99. The Hall–Kier alpha value is -2.81. The van der Waals surface area contributed by atoms with Crippen LogP contribution in [0.4, 0.5) is 19.1 Å². The normalized spacial score (nSPS) is 18.0. The Labute approximate surface area is 172 Å². The van der Waals surface area contributed by atoms with E-state index in [1.165, 1.54) is 19.2 Å². The molecule has 4 rings (SSSR count). The molecule has 1 saturated heterocycles. The van der Waals surface area contributed by atoms with E-state index in [-0.39, 0.29) is 23.0 Å². The number of nitrogens with one attached hydrogen (secondary N) is 1. The lowest BCUT2D eigenvalue weighted by molar-refractivity contribution is -0.137. The zero-order chi connectivity index (χ0) is 21.3. The summed E-state index contributed by atoms with van der Waals surface area (Å²) < 4.78 is 47.9. The highest BCUT2D eigenvalue weighted by atomic mass is 19.4. The number of nitrogens with zero attached hydrogens (tertiary/aromatic N) is 4. The zero-order valence-electron chi connectivity index (χ0n) is 16.9. The molecule has 1 atom stereocenters. The molecule has 2 aromatic heterocycles. The van der Waals surface area contributed by atoms with Crippen LogP contribution in [0.15, 0.2) is 36.5 Å². The molecule has 0 unspecified atom stereocenters. The van der Waals surface area contributed by atoms with E-state index in [9.17, 15) is 13.2 Å². The monoisotopic (exact) mass is 419 g/mol. The van der Waals surface area contributed by atoms with Crippen LogP contribution in [-0.2, 0) is 6.18 Å². The van der Waals surface area contributed by atoms with Crippen molar-refractivity contribution in [2.45, 2.75) is 32.0 Å². The number of anilines is 1. The third-order valence-corrected chi connectivity index (χ3v) is 5.54. The van der Waals surface area contributed by atoms with E-state index in [2.05, 4.69) is 27.3 Å². The van der Waals surface area contributed by atoms with Gasteiger partial charge in [-0.3, -0.25) is 4.40 Å². The summed E-state index contributed by atoms with van der Waals surface area (Å²) in [6.45, 7) is 5.10. The third-order valence-electron chi connectivity index (χ3n) is 5.54. The van der Waals surface area contributed by atoms with Gasteiger partial charge in [-0.1, -0.05) is 6.92 Å². The summed E-state index contributed by atoms with van der Waals surface area (Å²) in [7, 11) is 1.34. The van der Waals surface area contributed by atoms with Gasteiger partial charge in [0.05, 0.1) is 18.2 Å². The van der Waals surface area contributed by atoms with E-state index in [0.717, 1.165) is 38.5 Å². The molecule has 160 valence electrons. The smallest absolute Gasteiger partial charge is 0.417 e. The fourth-order valence-electron chi connectivity index (χ4n) is 3.98. The molecule has 3 aromatic rings. The van der Waals surface area contributed by atoms with E-state index >= 15 is 0 Å². The second kappa shape index (κ2) is 8.14. The van der Waals surface area contributed by atoms with Crippen molar-refractivity contribution in [1.29, 1.82) is 0 Å². The maximum absolute atomic E-state index is 13.7. The van der Waals surface area contributed by atoms with Crippen molar-refractivity contribution in [2.75, 3.05) is 32.1 Å². The van der Waals surface area contributed by atoms with Crippen molar-refractivity contribution in [3.05, 3.63) is 42.1 Å². The van der Waals surface area contributed by atoms with Gasteiger partial charge in [0.2, 0.25) is 5.95 Å². The van der Waals surface area contributed by atoms with Crippen LogP contribution in [0.5, 0.6) is 5.75 Å². The van der Waals surface area contributed by atoms with E-state index < -0.39 is 11.7 Å². The molecule has 3 heterocycles. The summed E-state index contributed by atoms with van der Waals surface area (Å²) in [5.74, 6) is 0.672. The maximum atomic E-state index is 13.7. The molecule has 1 aromatic carbocycles. The third kappa shape index (κ3) is 3.94. The van der Waals surface area contributed by atoms with Crippen molar-refractivity contribution in [3.8, 4) is 17.0 Å². The van der Waals surface area contributed by atoms with Gasteiger partial charge in [-0.25, -0.2) is 0 Å². The first kappa shape index (κ1) is 20.5. The second-order valence-corrected chi connectivity index (χ2v) is 7.42. The van der Waals surface area contributed by atoms with E-state index in [1.54, 1.807) is 22.7 Å². The molecule has 6 nitrogen and oxygen atoms in total. The Morgan fingerprint density at radius 3 is 2.80 bits per heavy atom. The molecule has 30 heavy (non-hydrogen) atoms. The van der Waals surface area contributed by atoms with Crippen LogP contribution >= 0.6 is 0 Å². The van der Waals surface area contributed by atoms with Crippen LogP contribution in [0.2, 0.25) is 0 Å². The fourth-order valence-corrected chi connectivity index (χ4v) is 3.98. The Morgan fingerprint density at radius 2 is 2.07 bits per heavy atom. The van der Waals surface area contributed by atoms with Gasteiger partial charge in [-0.15, -0.1) is 10.2 Å². The van der Waals surface area contributed by atoms with Crippen molar-refractivity contribution in [3.63, 3.8) is 0 Å². The molecule has 1 fully saturated rings. The van der Waals surface area contributed by atoms with Crippen LogP contribution in [0.3, 0.4) is 0 Å². The van der Waals surface area contributed by atoms with Gasteiger partial charge < -0.3 is 15.0 Å². The quantitative estimate of drug-likeness (QED) is 0.668. The van der Waals surface area contributed by atoms with E-state index in [4.69, 9.17) is 4.74 Å². The van der Waals surface area contributed by atoms with Crippen LogP contribution < -0.4 is 10.1 Å². The number of fused-ring (bicyclic) bond motifs is 1. The molecular weight excluding hydrogens is 395 g/mol. The highest BCUT2D eigenvalue weighted by Gasteiger charge is 2.35. The number of aromatic nitrogens is 3. The van der Waals surface area contributed by atoms with Crippen LogP contribution in [0.1, 0.15) is 25.3 Å². The van der Waals surface area contributed by atoms with E-state index in [0.29, 0.717) is 11.5 Å². The number of alkyl halides is 3. The summed E-state index contributed by atoms with van der Waals surface area (Å²) >= 11 is 0. The van der Waals surface area contributed by atoms with Gasteiger partial charge in [0.25, 0.3) is 0 Å². The number of likely N-dealkylation sites (N-methyl/N-ethyl adjacent to an activating group) is 1. The van der Waals surface area contributed by atoms with Gasteiger partial charge in [-0.2, -0.15) is 13.2 Å². The first-order chi connectivity index (χ1) is 14.4. The number of benzene rings is 1. The summed E-state index contributed by atoms with van der Waals surface area (Å²) in [5, 5.41) is 11.9. The Kier molecular flexibility index (Phi) is 5.55. The largest absolute Gasteiger partial charge is 0.497 e. The standard InChI is InChI=1S/C21H24F3N5O/c1-3-28-10-4-6-14(13-28)25-20-27-26-19(18-7-5-11-29(18)20)16-9-8-15(30-2)12-17(16)21(22,23)24/h5,7-9,11-12,14H,3-4,6,10,13H2,1-2H3,(H,25,27)/t14-/m1/s1. The van der Waals surface area contributed by atoms with Gasteiger partial charge in [0.15, 0.2) is 0 Å². The number of rotatable bonds is 5. The SMILES string of the molecule is CCN1CCC[C@@H](Nc2nnc(-c3ccc(OC)cc3C(F)(F)F)c3cccn23)C1. The summed E-state index contributed by atoms with van der Waals surface area (Å²) in [6, 6.07) is 7.62.